The highest BCUT2D eigenvalue weighted by molar-refractivity contribution is 5.97. The molecular weight excluding hydrogens is 308 g/mol. The van der Waals surface area contributed by atoms with E-state index in [1.807, 2.05) is 58.0 Å². The zero-order valence-corrected chi connectivity index (χ0v) is 14.3. The van der Waals surface area contributed by atoms with Gasteiger partial charge in [-0.05, 0) is 17.0 Å². The molecule has 0 radical (unpaired) electrons. The van der Waals surface area contributed by atoms with Gasteiger partial charge in [-0.2, -0.15) is 0 Å². The van der Waals surface area contributed by atoms with Crippen LogP contribution in [-0.4, -0.2) is 35.6 Å². The zero-order chi connectivity index (χ0) is 17.9. The van der Waals surface area contributed by atoms with Gasteiger partial charge in [-0.3, -0.25) is 4.79 Å². The quantitative estimate of drug-likeness (QED) is 0.468. The third-order valence-corrected chi connectivity index (χ3v) is 4.52. The fraction of sp³-hybridized carbons (Fsp3) is 0.529. The van der Waals surface area contributed by atoms with E-state index < -0.39 is 23.5 Å². The van der Waals surface area contributed by atoms with Gasteiger partial charge >= 0.3 is 6.09 Å². The van der Waals surface area contributed by atoms with Gasteiger partial charge in [-0.1, -0.05) is 63.1 Å². The van der Waals surface area contributed by atoms with Gasteiger partial charge in [-0.15, -0.1) is 0 Å². The van der Waals surface area contributed by atoms with Crippen LogP contribution in [0.3, 0.4) is 0 Å². The lowest BCUT2D eigenvalue weighted by Gasteiger charge is -2.34. The molecule has 128 valence electrons. The maximum atomic E-state index is 13.0. The van der Waals surface area contributed by atoms with Crippen LogP contribution in [0.25, 0.3) is 10.4 Å². The van der Waals surface area contributed by atoms with E-state index >= 15 is 0 Å². The van der Waals surface area contributed by atoms with Crippen molar-refractivity contribution in [2.45, 2.75) is 45.2 Å². The first-order valence-corrected chi connectivity index (χ1v) is 7.90. The summed E-state index contributed by atoms with van der Waals surface area (Å²) in [6.45, 7) is 7.64. The molecule has 0 aromatic heterocycles. The molecule has 7 heteroatoms. The second kappa shape index (κ2) is 6.93. The third-order valence-electron chi connectivity index (χ3n) is 4.52. The number of nitrogens with zero attached hydrogens (tertiary/aromatic N) is 4. The van der Waals surface area contributed by atoms with Gasteiger partial charge in [0.25, 0.3) is 0 Å². The normalized spacial score (nSPS) is 19.0. The summed E-state index contributed by atoms with van der Waals surface area (Å²) in [5, 5.41) is 3.73. The molecule has 0 spiro atoms. The fourth-order valence-corrected chi connectivity index (χ4v) is 2.89. The van der Waals surface area contributed by atoms with Crippen LogP contribution in [-0.2, 0) is 14.9 Å². The first-order chi connectivity index (χ1) is 11.3. The highest BCUT2D eigenvalue weighted by Crippen LogP contribution is 2.32. The minimum absolute atomic E-state index is 0.0481. The second-order valence-electron chi connectivity index (χ2n) is 6.79. The molecule has 7 nitrogen and oxygen atoms in total. The average Bonchev–Trinajstić information content (AvgIpc) is 2.94. The van der Waals surface area contributed by atoms with E-state index in [0.717, 1.165) is 10.5 Å². The molecule has 1 aromatic carbocycles. The molecule has 1 aromatic rings. The molecule has 0 N–H and O–H groups in total. The number of benzene rings is 1. The van der Waals surface area contributed by atoms with Crippen LogP contribution in [0.2, 0.25) is 0 Å². The Morgan fingerprint density at radius 3 is 2.54 bits per heavy atom. The molecule has 1 heterocycles. The van der Waals surface area contributed by atoms with E-state index in [9.17, 15) is 9.59 Å². The van der Waals surface area contributed by atoms with Gasteiger partial charge in [0.1, 0.15) is 12.6 Å². The van der Waals surface area contributed by atoms with Crippen molar-refractivity contribution >= 4 is 12.0 Å². The summed E-state index contributed by atoms with van der Waals surface area (Å²) >= 11 is 0. The molecule has 1 aliphatic rings. The van der Waals surface area contributed by atoms with Crippen molar-refractivity contribution in [1.29, 1.82) is 0 Å². The molecular formula is C17H22N4O3. The number of cyclic esters (lactones) is 1. The van der Waals surface area contributed by atoms with Crippen LogP contribution >= 0.6 is 0 Å². The Labute approximate surface area is 141 Å². The lowest BCUT2D eigenvalue weighted by atomic mass is 9.77. The number of hydrogen-bond donors (Lipinski definition) is 0. The Hall–Kier alpha value is -2.53. The van der Waals surface area contributed by atoms with Crippen LogP contribution in [0.5, 0.6) is 0 Å². The number of azide groups is 1. The van der Waals surface area contributed by atoms with Gasteiger partial charge in [-0.25, -0.2) is 9.69 Å². The van der Waals surface area contributed by atoms with Crippen LogP contribution in [0.1, 0.15) is 33.3 Å². The van der Waals surface area contributed by atoms with Crippen molar-refractivity contribution in [3.8, 4) is 0 Å². The highest BCUT2D eigenvalue weighted by Gasteiger charge is 2.46. The Bertz CT molecular complexity index is 666. The molecule has 1 aliphatic heterocycles. The first kappa shape index (κ1) is 17.8. The number of imide groups is 1. The third kappa shape index (κ3) is 3.21. The summed E-state index contributed by atoms with van der Waals surface area (Å²) in [4.78, 5) is 29.0. The molecule has 0 saturated carbocycles. The summed E-state index contributed by atoms with van der Waals surface area (Å²) in [5.41, 5.74) is 9.03. The number of carbonyl (C=O) groups excluding carboxylic acids is 2. The van der Waals surface area contributed by atoms with Crippen molar-refractivity contribution in [2.75, 3.05) is 6.61 Å². The minimum atomic E-state index is -1.04. The standard InChI is InChI=1S/C17H22N4O3/c1-11(2)13-10-24-16(23)21(13)15(22)14(19-20-18)17(3,4)12-8-6-5-7-9-12/h5-9,11,13-14H,10H2,1-4H3/t13-,14?/m1/s1. The van der Waals surface area contributed by atoms with Crippen molar-refractivity contribution in [3.63, 3.8) is 0 Å². The molecule has 1 unspecified atom stereocenters. The predicted octanol–water partition coefficient (Wildman–Crippen LogP) is 3.65. The number of amides is 2. The van der Waals surface area contributed by atoms with E-state index in [4.69, 9.17) is 10.3 Å². The lowest BCUT2D eigenvalue weighted by Crippen LogP contribution is -2.51. The number of carbonyl (C=O) groups is 2. The molecule has 0 aliphatic carbocycles. The van der Waals surface area contributed by atoms with Gasteiger partial charge in [0.2, 0.25) is 5.91 Å². The van der Waals surface area contributed by atoms with Gasteiger partial charge < -0.3 is 4.74 Å². The maximum absolute atomic E-state index is 13.0. The van der Waals surface area contributed by atoms with Crippen LogP contribution in [0.4, 0.5) is 4.79 Å². The van der Waals surface area contributed by atoms with Gasteiger partial charge in [0.05, 0.1) is 6.04 Å². The molecule has 24 heavy (non-hydrogen) atoms. The van der Waals surface area contributed by atoms with Crippen LogP contribution < -0.4 is 0 Å². The Morgan fingerprint density at radius 1 is 1.38 bits per heavy atom. The Morgan fingerprint density at radius 2 is 2.00 bits per heavy atom. The van der Waals surface area contributed by atoms with E-state index in [1.165, 1.54) is 0 Å². The Kier molecular flexibility index (Phi) is 5.14. The minimum Gasteiger partial charge on any atom is -0.447 e. The van der Waals surface area contributed by atoms with Crippen LogP contribution in [0, 0.1) is 5.92 Å². The predicted molar refractivity (Wildman–Crippen MR) is 89.2 cm³/mol. The topological polar surface area (TPSA) is 95.4 Å². The van der Waals surface area contributed by atoms with E-state index in [-0.39, 0.29) is 18.6 Å². The summed E-state index contributed by atoms with van der Waals surface area (Å²) in [6, 6.07) is 7.93. The summed E-state index contributed by atoms with van der Waals surface area (Å²) < 4.78 is 5.04. The number of ether oxygens (including phenoxy) is 1. The maximum Gasteiger partial charge on any atom is 0.416 e. The average molecular weight is 330 g/mol. The van der Waals surface area contributed by atoms with Crippen LogP contribution in [0.15, 0.2) is 35.4 Å². The molecule has 1 saturated heterocycles. The molecule has 2 amide bonds. The van der Waals surface area contributed by atoms with E-state index in [1.54, 1.807) is 0 Å². The van der Waals surface area contributed by atoms with E-state index in [2.05, 4.69) is 10.0 Å². The fourth-order valence-electron chi connectivity index (χ4n) is 2.89. The van der Waals surface area contributed by atoms with Crippen molar-refractivity contribution in [3.05, 3.63) is 46.3 Å². The van der Waals surface area contributed by atoms with Gasteiger partial charge in [0.15, 0.2) is 0 Å². The van der Waals surface area contributed by atoms with Crippen molar-refractivity contribution < 1.29 is 14.3 Å². The van der Waals surface area contributed by atoms with Crippen molar-refractivity contribution in [1.82, 2.24) is 4.90 Å². The molecule has 2 rings (SSSR count). The first-order valence-electron chi connectivity index (χ1n) is 7.90. The zero-order valence-electron chi connectivity index (χ0n) is 14.3. The summed E-state index contributed by atoms with van der Waals surface area (Å²) in [7, 11) is 0. The number of rotatable bonds is 5. The highest BCUT2D eigenvalue weighted by atomic mass is 16.6. The smallest absolute Gasteiger partial charge is 0.416 e. The largest absolute Gasteiger partial charge is 0.447 e. The monoisotopic (exact) mass is 330 g/mol. The number of hydrogen-bond acceptors (Lipinski definition) is 4. The molecule has 1 fully saturated rings. The summed E-state index contributed by atoms with van der Waals surface area (Å²) in [5.74, 6) is -0.477. The molecule has 2 atom stereocenters. The molecule has 0 bridgehead atoms. The SMILES string of the molecule is CC(C)[C@H]1COC(=O)N1C(=O)C(N=[N+]=[N-])C(C)(C)c1ccccc1. The second-order valence-corrected chi connectivity index (χ2v) is 6.79. The Balaban J connectivity index is 2.42. The van der Waals surface area contributed by atoms with Crippen molar-refractivity contribution in [2.24, 2.45) is 11.0 Å². The lowest BCUT2D eigenvalue weighted by molar-refractivity contribution is -0.132. The van der Waals surface area contributed by atoms with Gasteiger partial charge in [0, 0.05) is 10.3 Å². The summed E-state index contributed by atoms with van der Waals surface area (Å²) in [6.07, 6.45) is -0.680. The van der Waals surface area contributed by atoms with E-state index in [0.29, 0.717) is 0 Å².